The maximum Gasteiger partial charge on any atom is 0.253 e. The third-order valence-corrected chi connectivity index (χ3v) is 6.13. The smallest absolute Gasteiger partial charge is 0.253 e. The standard InChI is InChI=1S/C24H24FN3O2/c1-2-30-19-8-9-21-20(16-19)26-24(22-7-4-12-28(21)22)10-13-27(14-11-24)23(29)17-5-3-6-18(25)15-17/h3-9,12,15-16,26H,2,10-11,13-14H2,1H3. The molecule has 1 N–H and O–H groups in total. The Bertz CT molecular complexity index is 1100. The van der Waals surface area contributed by atoms with Crippen molar-refractivity contribution in [2.75, 3.05) is 25.0 Å². The number of hydrogen-bond acceptors (Lipinski definition) is 3. The maximum atomic E-state index is 13.5. The fourth-order valence-corrected chi connectivity index (χ4v) is 4.66. The first-order valence-electron chi connectivity index (χ1n) is 10.4. The van der Waals surface area contributed by atoms with Crippen LogP contribution < -0.4 is 10.1 Å². The third-order valence-electron chi connectivity index (χ3n) is 6.13. The van der Waals surface area contributed by atoms with Gasteiger partial charge in [-0.15, -0.1) is 0 Å². The zero-order chi connectivity index (χ0) is 20.7. The van der Waals surface area contributed by atoms with Crippen molar-refractivity contribution in [1.82, 2.24) is 9.47 Å². The van der Waals surface area contributed by atoms with Crippen LogP contribution in [0.5, 0.6) is 5.75 Å². The average Bonchev–Trinajstić information content (AvgIpc) is 3.25. The molecule has 30 heavy (non-hydrogen) atoms. The van der Waals surface area contributed by atoms with Gasteiger partial charge >= 0.3 is 0 Å². The Hall–Kier alpha value is -3.28. The summed E-state index contributed by atoms with van der Waals surface area (Å²) in [6.07, 6.45) is 3.63. The first-order valence-corrected chi connectivity index (χ1v) is 10.4. The molecule has 1 aromatic heterocycles. The van der Waals surface area contributed by atoms with Crippen LogP contribution in [-0.4, -0.2) is 35.1 Å². The van der Waals surface area contributed by atoms with Crippen molar-refractivity contribution in [3.63, 3.8) is 0 Å². The van der Waals surface area contributed by atoms with Gasteiger partial charge in [0.05, 0.1) is 23.5 Å². The van der Waals surface area contributed by atoms with Gasteiger partial charge in [-0.05, 0) is 62.2 Å². The lowest BCUT2D eigenvalue weighted by atomic mass is 9.82. The fraction of sp³-hybridized carbons (Fsp3) is 0.292. The molecule has 5 rings (SSSR count). The first-order chi connectivity index (χ1) is 14.6. The average molecular weight is 405 g/mol. The Morgan fingerprint density at radius 1 is 1.13 bits per heavy atom. The number of nitrogens with zero attached hydrogens (tertiary/aromatic N) is 2. The number of carbonyl (C=O) groups excluding carboxylic acids is 1. The number of nitrogens with one attached hydrogen (secondary N) is 1. The van der Waals surface area contributed by atoms with E-state index in [-0.39, 0.29) is 17.3 Å². The van der Waals surface area contributed by atoms with Gasteiger partial charge in [-0.3, -0.25) is 4.79 Å². The molecule has 154 valence electrons. The predicted octanol–water partition coefficient (Wildman–Crippen LogP) is 4.57. The Morgan fingerprint density at radius 3 is 2.73 bits per heavy atom. The van der Waals surface area contributed by atoms with Crippen molar-refractivity contribution >= 4 is 11.6 Å². The fourth-order valence-electron chi connectivity index (χ4n) is 4.66. The number of benzene rings is 2. The van der Waals surface area contributed by atoms with Crippen molar-refractivity contribution in [2.24, 2.45) is 0 Å². The molecule has 6 heteroatoms. The van der Waals surface area contributed by atoms with Gasteiger partial charge in [0.25, 0.3) is 5.91 Å². The molecule has 3 aromatic rings. The number of amides is 1. The Morgan fingerprint density at radius 2 is 1.97 bits per heavy atom. The minimum Gasteiger partial charge on any atom is -0.494 e. The number of ether oxygens (including phenoxy) is 1. The second-order valence-corrected chi connectivity index (χ2v) is 7.89. The van der Waals surface area contributed by atoms with Crippen molar-refractivity contribution in [3.05, 3.63) is 77.9 Å². The van der Waals surface area contributed by atoms with Gasteiger partial charge in [0.15, 0.2) is 0 Å². The van der Waals surface area contributed by atoms with Crippen LogP contribution in [-0.2, 0) is 5.54 Å². The number of halogens is 1. The molecule has 0 saturated carbocycles. The van der Waals surface area contributed by atoms with Crippen LogP contribution in [0.15, 0.2) is 60.8 Å². The Labute approximate surface area is 175 Å². The van der Waals surface area contributed by atoms with Crippen LogP contribution >= 0.6 is 0 Å². The van der Waals surface area contributed by atoms with E-state index < -0.39 is 0 Å². The molecule has 2 aromatic carbocycles. The molecular weight excluding hydrogens is 381 g/mol. The van der Waals surface area contributed by atoms with Gasteiger partial charge in [-0.1, -0.05) is 6.07 Å². The molecule has 1 spiro atoms. The Balaban J connectivity index is 1.41. The summed E-state index contributed by atoms with van der Waals surface area (Å²) < 4.78 is 21.5. The van der Waals surface area contributed by atoms with Gasteiger partial charge in [-0.2, -0.15) is 0 Å². The summed E-state index contributed by atoms with van der Waals surface area (Å²) in [5, 5.41) is 3.76. The van der Waals surface area contributed by atoms with E-state index in [1.54, 1.807) is 12.1 Å². The summed E-state index contributed by atoms with van der Waals surface area (Å²) in [6, 6.07) is 16.2. The van der Waals surface area contributed by atoms with Gasteiger partial charge in [-0.25, -0.2) is 4.39 Å². The minimum atomic E-state index is -0.386. The number of carbonyl (C=O) groups is 1. The lowest BCUT2D eigenvalue weighted by Gasteiger charge is -2.46. The SMILES string of the molecule is CCOc1ccc2c(c1)NC1(CCN(C(=O)c3cccc(F)c3)CC1)c1cccn1-2. The van der Waals surface area contributed by atoms with Gasteiger partial charge in [0.2, 0.25) is 0 Å². The maximum absolute atomic E-state index is 13.5. The quantitative estimate of drug-likeness (QED) is 0.694. The normalized spacial score (nSPS) is 16.5. The van der Waals surface area contributed by atoms with E-state index in [0.29, 0.717) is 25.3 Å². The summed E-state index contributed by atoms with van der Waals surface area (Å²) in [5.41, 5.74) is 3.49. The molecule has 1 saturated heterocycles. The highest BCUT2D eigenvalue weighted by Crippen LogP contribution is 2.44. The van der Waals surface area contributed by atoms with Gasteiger partial charge in [0.1, 0.15) is 11.6 Å². The third kappa shape index (κ3) is 3.03. The number of rotatable bonds is 3. The van der Waals surface area contributed by atoms with E-state index >= 15 is 0 Å². The molecule has 2 aliphatic heterocycles. The predicted molar refractivity (Wildman–Crippen MR) is 114 cm³/mol. The second-order valence-electron chi connectivity index (χ2n) is 7.89. The number of likely N-dealkylation sites (tertiary alicyclic amines) is 1. The van der Waals surface area contributed by atoms with Crippen molar-refractivity contribution in [2.45, 2.75) is 25.3 Å². The summed E-state index contributed by atoms with van der Waals surface area (Å²) in [6.45, 7) is 3.81. The summed E-state index contributed by atoms with van der Waals surface area (Å²) >= 11 is 0. The van der Waals surface area contributed by atoms with Crippen LogP contribution in [0.25, 0.3) is 5.69 Å². The molecule has 0 bridgehead atoms. The number of piperidine rings is 1. The Kier molecular flexibility index (Phi) is 4.50. The minimum absolute atomic E-state index is 0.116. The highest BCUT2D eigenvalue weighted by molar-refractivity contribution is 5.94. The van der Waals surface area contributed by atoms with Crippen LogP contribution in [0, 0.1) is 5.82 Å². The second kappa shape index (κ2) is 7.20. The van der Waals surface area contributed by atoms with E-state index in [1.165, 1.54) is 17.8 Å². The summed E-state index contributed by atoms with van der Waals surface area (Å²) in [5.74, 6) is 0.339. The molecule has 0 atom stereocenters. The molecule has 5 nitrogen and oxygen atoms in total. The summed E-state index contributed by atoms with van der Waals surface area (Å²) in [7, 11) is 0. The zero-order valence-corrected chi connectivity index (χ0v) is 16.9. The van der Waals surface area contributed by atoms with Crippen LogP contribution in [0.2, 0.25) is 0 Å². The highest BCUT2D eigenvalue weighted by atomic mass is 19.1. The number of fused-ring (bicyclic) bond motifs is 4. The van der Waals surface area contributed by atoms with Gasteiger partial charge < -0.3 is 19.5 Å². The van der Waals surface area contributed by atoms with E-state index in [4.69, 9.17) is 4.74 Å². The van der Waals surface area contributed by atoms with E-state index in [0.717, 1.165) is 30.0 Å². The molecule has 1 fully saturated rings. The molecule has 0 radical (unpaired) electrons. The van der Waals surface area contributed by atoms with Crippen molar-refractivity contribution in [3.8, 4) is 11.4 Å². The lowest BCUT2D eigenvalue weighted by molar-refractivity contribution is 0.0676. The monoisotopic (exact) mass is 405 g/mol. The number of anilines is 1. The zero-order valence-electron chi connectivity index (χ0n) is 16.9. The molecule has 1 amide bonds. The number of hydrogen-bond donors (Lipinski definition) is 1. The van der Waals surface area contributed by atoms with E-state index in [1.807, 2.05) is 24.0 Å². The summed E-state index contributed by atoms with van der Waals surface area (Å²) in [4.78, 5) is 14.7. The van der Waals surface area contributed by atoms with Crippen molar-refractivity contribution < 1.29 is 13.9 Å². The van der Waals surface area contributed by atoms with Crippen LogP contribution in [0.3, 0.4) is 0 Å². The van der Waals surface area contributed by atoms with E-state index in [9.17, 15) is 9.18 Å². The lowest BCUT2D eigenvalue weighted by Crippen LogP contribution is -2.51. The molecule has 0 unspecified atom stereocenters. The molecule has 3 heterocycles. The number of aromatic nitrogens is 1. The van der Waals surface area contributed by atoms with Crippen LogP contribution in [0.1, 0.15) is 35.8 Å². The largest absolute Gasteiger partial charge is 0.494 e. The first kappa shape index (κ1) is 18.7. The van der Waals surface area contributed by atoms with Gasteiger partial charge in [0, 0.05) is 36.6 Å². The van der Waals surface area contributed by atoms with Crippen LogP contribution in [0.4, 0.5) is 10.1 Å². The van der Waals surface area contributed by atoms with Crippen molar-refractivity contribution in [1.29, 1.82) is 0 Å². The topological polar surface area (TPSA) is 46.5 Å². The molecular formula is C24H24FN3O2. The van der Waals surface area contributed by atoms with E-state index in [2.05, 4.69) is 34.3 Å². The molecule has 0 aliphatic carbocycles. The molecule has 2 aliphatic rings. The highest BCUT2D eigenvalue weighted by Gasteiger charge is 2.42.